The van der Waals surface area contributed by atoms with Crippen LogP contribution in [0.15, 0.2) is 12.1 Å². The molecule has 0 bridgehead atoms. The summed E-state index contributed by atoms with van der Waals surface area (Å²) >= 11 is 0. The number of unbranched alkanes of at least 4 members (excludes halogenated alkanes) is 2. The van der Waals surface area contributed by atoms with Crippen molar-refractivity contribution in [2.45, 2.75) is 51.1 Å². The van der Waals surface area contributed by atoms with Gasteiger partial charge in [0.25, 0.3) is 5.91 Å². The summed E-state index contributed by atoms with van der Waals surface area (Å²) in [5.41, 5.74) is 1.17. The molecule has 2 aliphatic rings. The van der Waals surface area contributed by atoms with Crippen LogP contribution in [0.1, 0.15) is 53.6 Å². The van der Waals surface area contributed by atoms with Crippen LogP contribution in [0, 0.1) is 5.82 Å². The molecule has 0 aliphatic carbocycles. The number of nitrogens with one attached hydrogen (secondary N) is 1. The summed E-state index contributed by atoms with van der Waals surface area (Å²) in [4.78, 5) is 37.2. The van der Waals surface area contributed by atoms with Crippen molar-refractivity contribution in [2.24, 2.45) is 0 Å². The second kappa shape index (κ2) is 7.31. The normalized spacial score (nSPS) is 20.0. The number of fused-ring (bicyclic) bond motifs is 1. The lowest BCUT2D eigenvalue weighted by Gasteiger charge is -2.29. The Balaban J connectivity index is 1.75. The number of halogens is 1. The molecule has 7 heteroatoms. The van der Waals surface area contributed by atoms with Crippen molar-refractivity contribution < 1.29 is 23.9 Å². The van der Waals surface area contributed by atoms with Crippen molar-refractivity contribution in [2.75, 3.05) is 6.61 Å². The summed E-state index contributed by atoms with van der Waals surface area (Å²) < 4.78 is 14.8. The number of rotatable bonds is 6. The number of nitrogens with zero attached hydrogens (tertiary/aromatic N) is 1. The summed E-state index contributed by atoms with van der Waals surface area (Å²) in [7, 11) is 0. The molecule has 1 aromatic rings. The Morgan fingerprint density at radius 3 is 2.72 bits per heavy atom. The summed E-state index contributed by atoms with van der Waals surface area (Å²) in [6.45, 7) is 0.179. The van der Waals surface area contributed by atoms with Crippen LogP contribution in [-0.4, -0.2) is 40.4 Å². The van der Waals surface area contributed by atoms with Crippen molar-refractivity contribution in [1.29, 1.82) is 0 Å². The standard InChI is InChI=1S/C18H21FN2O4/c19-16-11(4-2-1-3-9-22)5-6-12-13(16)10-21(18(12)25)14-7-8-15(23)20-17(14)24/h5-6,14,22H,1-4,7-10H2,(H,20,23,24). The van der Waals surface area contributed by atoms with Gasteiger partial charge in [0.05, 0.1) is 6.54 Å². The van der Waals surface area contributed by atoms with Crippen LogP contribution in [0.5, 0.6) is 0 Å². The average Bonchev–Trinajstić information content (AvgIpc) is 2.91. The van der Waals surface area contributed by atoms with Gasteiger partial charge >= 0.3 is 0 Å². The van der Waals surface area contributed by atoms with Crippen molar-refractivity contribution in [3.8, 4) is 0 Å². The molecule has 3 rings (SSSR count). The maximum absolute atomic E-state index is 14.8. The number of benzene rings is 1. The fraction of sp³-hybridized carbons (Fsp3) is 0.500. The third-order valence-corrected chi connectivity index (χ3v) is 4.83. The van der Waals surface area contributed by atoms with E-state index in [2.05, 4.69) is 5.32 Å². The molecule has 0 radical (unpaired) electrons. The Morgan fingerprint density at radius 1 is 1.20 bits per heavy atom. The van der Waals surface area contributed by atoms with Crippen LogP contribution in [0.4, 0.5) is 4.39 Å². The first kappa shape index (κ1) is 17.5. The molecule has 2 N–H and O–H groups in total. The van der Waals surface area contributed by atoms with E-state index in [4.69, 9.17) is 5.11 Å². The number of hydrogen-bond donors (Lipinski definition) is 2. The Hall–Kier alpha value is -2.28. The zero-order valence-electron chi connectivity index (χ0n) is 13.9. The molecule has 1 fully saturated rings. The molecule has 1 atom stereocenters. The molecule has 3 amide bonds. The van der Waals surface area contributed by atoms with Gasteiger partial charge in [0.2, 0.25) is 11.8 Å². The second-order valence-electron chi connectivity index (χ2n) is 6.50. The first-order valence-corrected chi connectivity index (χ1v) is 8.58. The van der Waals surface area contributed by atoms with Gasteiger partial charge in [-0.15, -0.1) is 0 Å². The minimum atomic E-state index is -0.731. The van der Waals surface area contributed by atoms with E-state index >= 15 is 0 Å². The maximum atomic E-state index is 14.8. The van der Waals surface area contributed by atoms with Crippen molar-refractivity contribution >= 4 is 17.7 Å². The highest BCUT2D eigenvalue weighted by Gasteiger charge is 2.40. The maximum Gasteiger partial charge on any atom is 0.255 e. The quantitative estimate of drug-likeness (QED) is 0.599. The lowest BCUT2D eigenvalue weighted by Crippen LogP contribution is -2.52. The lowest BCUT2D eigenvalue weighted by atomic mass is 10.0. The molecule has 0 saturated carbocycles. The van der Waals surface area contributed by atoms with E-state index in [1.54, 1.807) is 12.1 Å². The zero-order valence-corrected chi connectivity index (χ0v) is 13.9. The fourth-order valence-electron chi connectivity index (χ4n) is 3.45. The van der Waals surface area contributed by atoms with Gasteiger partial charge in [-0.05, 0) is 37.3 Å². The third-order valence-electron chi connectivity index (χ3n) is 4.83. The number of carbonyl (C=O) groups is 3. The summed E-state index contributed by atoms with van der Waals surface area (Å²) in [6.07, 6.45) is 3.25. The molecule has 6 nitrogen and oxygen atoms in total. The molecule has 25 heavy (non-hydrogen) atoms. The first-order valence-electron chi connectivity index (χ1n) is 8.58. The number of hydrogen-bond acceptors (Lipinski definition) is 4. The van der Waals surface area contributed by atoms with Crippen LogP contribution in [0.2, 0.25) is 0 Å². The molecule has 2 aliphatic heterocycles. The number of aliphatic hydroxyl groups is 1. The fourth-order valence-corrected chi connectivity index (χ4v) is 3.45. The Labute approximate surface area is 145 Å². The SMILES string of the molecule is O=C1CCC(N2Cc3c(ccc(CCCCCO)c3F)C2=O)C(=O)N1. The van der Waals surface area contributed by atoms with Gasteiger partial charge in [0.15, 0.2) is 0 Å². The van der Waals surface area contributed by atoms with Gasteiger partial charge in [0, 0.05) is 24.2 Å². The molecule has 1 saturated heterocycles. The predicted octanol–water partition coefficient (Wildman–Crippen LogP) is 1.29. The molecule has 0 aromatic heterocycles. The number of aliphatic hydroxyl groups excluding tert-OH is 1. The predicted molar refractivity (Wildman–Crippen MR) is 87.1 cm³/mol. The van der Waals surface area contributed by atoms with Crippen LogP contribution in [-0.2, 0) is 22.6 Å². The van der Waals surface area contributed by atoms with Crippen LogP contribution >= 0.6 is 0 Å². The van der Waals surface area contributed by atoms with Gasteiger partial charge in [-0.3, -0.25) is 19.7 Å². The van der Waals surface area contributed by atoms with Crippen LogP contribution in [0.25, 0.3) is 0 Å². The minimum absolute atomic E-state index is 0.0523. The number of aryl methyl sites for hydroxylation is 1. The second-order valence-corrected chi connectivity index (χ2v) is 6.50. The van der Waals surface area contributed by atoms with Crippen molar-refractivity contribution in [3.05, 3.63) is 34.6 Å². The van der Waals surface area contributed by atoms with E-state index in [9.17, 15) is 18.8 Å². The highest BCUT2D eigenvalue weighted by molar-refractivity contribution is 6.05. The van der Waals surface area contributed by atoms with E-state index in [0.29, 0.717) is 29.5 Å². The number of imide groups is 1. The molecule has 0 spiro atoms. The molecule has 2 heterocycles. The van der Waals surface area contributed by atoms with Crippen molar-refractivity contribution in [3.63, 3.8) is 0 Å². The first-order chi connectivity index (χ1) is 12.0. The largest absolute Gasteiger partial charge is 0.396 e. The molecule has 1 unspecified atom stereocenters. The van der Waals surface area contributed by atoms with E-state index in [1.165, 1.54) is 4.90 Å². The van der Waals surface area contributed by atoms with Gasteiger partial charge in [-0.1, -0.05) is 12.5 Å². The van der Waals surface area contributed by atoms with E-state index in [0.717, 1.165) is 12.8 Å². The molecular formula is C18H21FN2O4. The Kier molecular flexibility index (Phi) is 5.13. The topological polar surface area (TPSA) is 86.7 Å². The number of piperidine rings is 1. The van der Waals surface area contributed by atoms with E-state index < -0.39 is 11.9 Å². The van der Waals surface area contributed by atoms with Gasteiger partial charge in [-0.2, -0.15) is 0 Å². The average molecular weight is 348 g/mol. The third kappa shape index (κ3) is 3.42. The Morgan fingerprint density at radius 2 is 2.00 bits per heavy atom. The molecular weight excluding hydrogens is 327 g/mol. The van der Waals surface area contributed by atoms with Crippen LogP contribution in [0.3, 0.4) is 0 Å². The van der Waals surface area contributed by atoms with E-state index in [-0.39, 0.29) is 43.6 Å². The molecule has 134 valence electrons. The lowest BCUT2D eigenvalue weighted by molar-refractivity contribution is -0.136. The monoisotopic (exact) mass is 348 g/mol. The zero-order chi connectivity index (χ0) is 18.0. The minimum Gasteiger partial charge on any atom is -0.396 e. The summed E-state index contributed by atoms with van der Waals surface area (Å²) in [5, 5.41) is 11.0. The summed E-state index contributed by atoms with van der Waals surface area (Å²) in [5.74, 6) is -1.59. The van der Waals surface area contributed by atoms with Gasteiger partial charge < -0.3 is 10.0 Å². The van der Waals surface area contributed by atoms with Gasteiger partial charge in [0.1, 0.15) is 11.9 Å². The highest BCUT2D eigenvalue weighted by Crippen LogP contribution is 2.31. The number of amides is 3. The van der Waals surface area contributed by atoms with E-state index in [1.807, 2.05) is 0 Å². The number of carbonyl (C=O) groups excluding carboxylic acids is 3. The molecule has 1 aromatic carbocycles. The highest BCUT2D eigenvalue weighted by atomic mass is 19.1. The van der Waals surface area contributed by atoms with Crippen LogP contribution < -0.4 is 5.32 Å². The van der Waals surface area contributed by atoms with Gasteiger partial charge in [-0.25, -0.2) is 4.39 Å². The smallest absolute Gasteiger partial charge is 0.255 e. The summed E-state index contributed by atoms with van der Waals surface area (Å²) in [6, 6.07) is 2.51. The Bertz CT molecular complexity index is 719. The van der Waals surface area contributed by atoms with Crippen molar-refractivity contribution in [1.82, 2.24) is 10.2 Å².